The van der Waals surface area contributed by atoms with E-state index in [4.69, 9.17) is 0 Å². The zero-order valence-electron chi connectivity index (χ0n) is 14.0. The Hall–Kier alpha value is -0.600. The lowest BCUT2D eigenvalue weighted by Gasteiger charge is -2.03. The van der Waals surface area contributed by atoms with E-state index >= 15 is 0 Å². The first-order chi connectivity index (χ1) is 10.3. The van der Waals surface area contributed by atoms with Gasteiger partial charge in [-0.15, -0.1) is 0 Å². The third-order valence-corrected chi connectivity index (χ3v) is 4.09. The fourth-order valence-electron chi connectivity index (χ4n) is 2.72. The SMILES string of the molecule is [CH2]CCCCCCCCCCCCCCCCC[N+](=O)[O-]. The summed E-state index contributed by atoms with van der Waals surface area (Å²) in [5, 5.41) is 10.2. The highest BCUT2D eigenvalue weighted by atomic mass is 16.6. The lowest BCUT2D eigenvalue weighted by atomic mass is 10.0. The topological polar surface area (TPSA) is 43.1 Å². The summed E-state index contributed by atoms with van der Waals surface area (Å²) in [4.78, 5) is 9.94. The molecule has 0 saturated carbocycles. The van der Waals surface area contributed by atoms with Crippen molar-refractivity contribution in [2.24, 2.45) is 0 Å². The first-order valence-electron chi connectivity index (χ1n) is 9.18. The molecule has 0 aliphatic heterocycles. The van der Waals surface area contributed by atoms with E-state index in [9.17, 15) is 10.1 Å². The average molecular weight is 298 g/mol. The van der Waals surface area contributed by atoms with Crippen molar-refractivity contribution < 1.29 is 4.92 Å². The molecule has 3 heteroatoms. The van der Waals surface area contributed by atoms with Gasteiger partial charge in [-0.05, 0) is 6.42 Å². The van der Waals surface area contributed by atoms with Crippen LogP contribution in [-0.2, 0) is 0 Å². The fraction of sp³-hybridized carbons (Fsp3) is 0.944. The molecule has 0 aromatic carbocycles. The molecule has 0 aromatic rings. The van der Waals surface area contributed by atoms with Crippen molar-refractivity contribution in [1.29, 1.82) is 0 Å². The Labute approximate surface area is 132 Å². The number of nitro groups is 1. The smallest absolute Gasteiger partial charge is 0.203 e. The first kappa shape index (κ1) is 20.4. The third-order valence-electron chi connectivity index (χ3n) is 4.09. The predicted octanol–water partition coefficient (Wildman–Crippen LogP) is 6.34. The van der Waals surface area contributed by atoms with Gasteiger partial charge in [0.15, 0.2) is 0 Å². The van der Waals surface area contributed by atoms with Gasteiger partial charge in [0.05, 0.1) is 0 Å². The molecule has 0 amide bonds. The molecule has 0 heterocycles. The highest BCUT2D eigenvalue weighted by molar-refractivity contribution is 4.50. The summed E-state index contributed by atoms with van der Waals surface area (Å²) in [6.07, 6.45) is 20.4. The summed E-state index contributed by atoms with van der Waals surface area (Å²) in [7, 11) is 0. The van der Waals surface area contributed by atoms with E-state index < -0.39 is 0 Å². The number of hydrogen-bond acceptors (Lipinski definition) is 2. The van der Waals surface area contributed by atoms with E-state index in [1.807, 2.05) is 0 Å². The molecule has 0 rings (SSSR count). The predicted molar refractivity (Wildman–Crippen MR) is 91.1 cm³/mol. The second-order valence-electron chi connectivity index (χ2n) is 6.21. The molecule has 0 N–H and O–H groups in total. The van der Waals surface area contributed by atoms with E-state index in [1.165, 1.54) is 83.5 Å². The van der Waals surface area contributed by atoms with Crippen LogP contribution in [0.25, 0.3) is 0 Å². The molecule has 0 atom stereocenters. The van der Waals surface area contributed by atoms with Gasteiger partial charge in [0, 0.05) is 11.3 Å². The molecule has 125 valence electrons. The van der Waals surface area contributed by atoms with Crippen LogP contribution in [0.2, 0.25) is 0 Å². The van der Waals surface area contributed by atoms with Gasteiger partial charge in [-0.25, -0.2) is 0 Å². The summed E-state index contributed by atoms with van der Waals surface area (Å²) >= 11 is 0. The first-order valence-corrected chi connectivity index (χ1v) is 9.18. The molecule has 0 spiro atoms. The number of nitrogens with zero attached hydrogens (tertiary/aromatic N) is 1. The maximum absolute atomic E-state index is 10.2. The van der Waals surface area contributed by atoms with Crippen LogP contribution < -0.4 is 0 Å². The van der Waals surface area contributed by atoms with E-state index in [1.54, 1.807) is 0 Å². The molecule has 3 nitrogen and oxygen atoms in total. The van der Waals surface area contributed by atoms with Crippen LogP contribution in [0.4, 0.5) is 0 Å². The van der Waals surface area contributed by atoms with Crippen LogP contribution in [-0.4, -0.2) is 11.5 Å². The van der Waals surface area contributed by atoms with Gasteiger partial charge in [-0.1, -0.05) is 96.8 Å². The molecule has 0 saturated heterocycles. The molecule has 0 aliphatic rings. The van der Waals surface area contributed by atoms with Gasteiger partial charge in [-0.3, -0.25) is 10.1 Å². The van der Waals surface area contributed by atoms with Crippen molar-refractivity contribution in [3.05, 3.63) is 17.0 Å². The number of rotatable bonds is 17. The lowest BCUT2D eigenvalue weighted by Crippen LogP contribution is -1.99. The Morgan fingerprint density at radius 1 is 0.571 bits per heavy atom. The minimum absolute atomic E-state index is 0.148. The van der Waals surface area contributed by atoms with Gasteiger partial charge in [-0.2, -0.15) is 0 Å². The van der Waals surface area contributed by atoms with Gasteiger partial charge in [0.25, 0.3) is 0 Å². The van der Waals surface area contributed by atoms with Crippen LogP contribution in [0.15, 0.2) is 0 Å². The Kier molecular flexibility index (Phi) is 17.0. The monoisotopic (exact) mass is 298 g/mol. The Bertz CT molecular complexity index is 219. The molecule has 0 bridgehead atoms. The molecule has 1 radical (unpaired) electrons. The summed E-state index contributed by atoms with van der Waals surface area (Å²) in [5.74, 6) is 0. The van der Waals surface area contributed by atoms with Crippen molar-refractivity contribution in [2.45, 2.75) is 103 Å². The summed E-state index contributed by atoms with van der Waals surface area (Å²) in [6, 6.07) is 0. The molecule has 21 heavy (non-hydrogen) atoms. The second-order valence-corrected chi connectivity index (χ2v) is 6.21. The van der Waals surface area contributed by atoms with Crippen molar-refractivity contribution in [3.8, 4) is 0 Å². The highest BCUT2D eigenvalue weighted by Gasteiger charge is 1.97. The molecule has 0 fully saturated rings. The lowest BCUT2D eigenvalue weighted by molar-refractivity contribution is -0.480. The highest BCUT2D eigenvalue weighted by Crippen LogP contribution is 2.13. The van der Waals surface area contributed by atoms with Gasteiger partial charge < -0.3 is 0 Å². The molecule has 0 aromatic heterocycles. The van der Waals surface area contributed by atoms with Crippen LogP contribution in [0.5, 0.6) is 0 Å². The van der Waals surface area contributed by atoms with Crippen molar-refractivity contribution in [2.75, 3.05) is 6.54 Å². The Balaban J connectivity index is 2.95. The molecular formula is C18H36NO2. The van der Waals surface area contributed by atoms with E-state index in [2.05, 4.69) is 6.92 Å². The summed E-state index contributed by atoms with van der Waals surface area (Å²) < 4.78 is 0. The summed E-state index contributed by atoms with van der Waals surface area (Å²) in [5.41, 5.74) is 0. The number of hydrogen-bond donors (Lipinski definition) is 0. The maximum Gasteiger partial charge on any atom is 0.203 e. The van der Waals surface area contributed by atoms with Crippen LogP contribution >= 0.6 is 0 Å². The zero-order chi connectivity index (χ0) is 15.6. The standard InChI is InChI=1S/C18H36NO2/c1-2-3-4-5-6-7-8-9-10-11-12-13-14-15-16-17-18-19(20)21/h1-18H2. The summed E-state index contributed by atoms with van der Waals surface area (Å²) in [6.45, 7) is 4.02. The quantitative estimate of drug-likeness (QED) is 0.179. The van der Waals surface area contributed by atoms with Crippen LogP contribution in [0.3, 0.4) is 0 Å². The Morgan fingerprint density at radius 2 is 0.857 bits per heavy atom. The van der Waals surface area contributed by atoms with Gasteiger partial charge >= 0.3 is 0 Å². The van der Waals surface area contributed by atoms with E-state index in [0.29, 0.717) is 0 Å². The number of unbranched alkanes of at least 4 members (excludes halogenated alkanes) is 15. The largest absolute Gasteiger partial charge is 0.265 e. The van der Waals surface area contributed by atoms with Crippen molar-refractivity contribution in [1.82, 2.24) is 0 Å². The second kappa shape index (κ2) is 17.5. The molecular weight excluding hydrogens is 262 g/mol. The third kappa shape index (κ3) is 19.4. The fourth-order valence-corrected chi connectivity index (χ4v) is 2.72. The van der Waals surface area contributed by atoms with Gasteiger partial charge in [0.2, 0.25) is 6.54 Å². The maximum atomic E-state index is 10.2. The zero-order valence-corrected chi connectivity index (χ0v) is 14.0. The van der Waals surface area contributed by atoms with Crippen LogP contribution in [0.1, 0.15) is 103 Å². The van der Waals surface area contributed by atoms with E-state index in [-0.39, 0.29) is 11.5 Å². The minimum Gasteiger partial charge on any atom is -0.265 e. The Morgan fingerprint density at radius 3 is 1.14 bits per heavy atom. The minimum atomic E-state index is -0.207. The molecule has 0 aliphatic carbocycles. The van der Waals surface area contributed by atoms with E-state index in [0.717, 1.165) is 19.3 Å². The average Bonchev–Trinajstić information content (AvgIpc) is 2.46. The van der Waals surface area contributed by atoms with Crippen molar-refractivity contribution >= 4 is 0 Å². The van der Waals surface area contributed by atoms with Crippen molar-refractivity contribution in [3.63, 3.8) is 0 Å². The van der Waals surface area contributed by atoms with Crippen LogP contribution in [0, 0.1) is 17.0 Å². The molecule has 0 unspecified atom stereocenters. The van der Waals surface area contributed by atoms with Gasteiger partial charge in [0.1, 0.15) is 0 Å². The normalized spacial score (nSPS) is 10.9.